The lowest BCUT2D eigenvalue weighted by Gasteiger charge is -2.48. The van der Waals surface area contributed by atoms with Crippen LogP contribution in [0.1, 0.15) is 42.5 Å². The summed E-state index contributed by atoms with van der Waals surface area (Å²) in [7, 11) is 0. The maximum atomic E-state index is 13.7. The molecular weight excluding hydrogens is 688 g/mol. The summed E-state index contributed by atoms with van der Waals surface area (Å²) in [5.41, 5.74) is 1.72. The molecule has 3 aliphatic rings. The van der Waals surface area contributed by atoms with Gasteiger partial charge in [0.25, 0.3) is 0 Å². The van der Waals surface area contributed by atoms with Gasteiger partial charge in [-0.3, -0.25) is 4.79 Å². The molecule has 2 heterocycles. The Morgan fingerprint density at radius 2 is 1.42 bits per heavy atom. The SMILES string of the molecule is O=C1[C@H](CC[C@H](O)c2ccc(F)cc2)[C@@H](c2ccc(O[C@@H]3C[C@H](CO)[C@@H](O[C@H]4O[C@H](CO)[C@@H](O)[C@H](O)[C@H]4O)[C@@H](O)[C@H]3O)cc2)N1c1ccc(F)cc1. The maximum absolute atomic E-state index is 13.7. The molecule has 6 rings (SSSR count). The third-order valence-corrected chi connectivity index (χ3v) is 10.3. The number of β-lactam (4-membered cyclic amide) rings is 1. The molecular formula is C37H43F2NO12. The van der Waals surface area contributed by atoms with Crippen molar-refractivity contribution in [2.24, 2.45) is 11.8 Å². The van der Waals surface area contributed by atoms with E-state index >= 15 is 0 Å². The average Bonchev–Trinajstić information content (AvgIpc) is 3.15. The fraction of sp³-hybridized carbons (Fsp3) is 0.486. The summed E-state index contributed by atoms with van der Waals surface area (Å²) in [5.74, 6) is -2.16. The molecule has 3 fully saturated rings. The van der Waals surface area contributed by atoms with E-state index in [9.17, 15) is 54.4 Å². The molecule has 1 aliphatic carbocycles. The third kappa shape index (κ3) is 7.70. The highest BCUT2D eigenvalue weighted by Gasteiger charge is 2.51. The van der Waals surface area contributed by atoms with Gasteiger partial charge in [0.1, 0.15) is 60.1 Å². The first kappa shape index (κ1) is 38.1. The van der Waals surface area contributed by atoms with Crippen LogP contribution in [0.15, 0.2) is 72.8 Å². The number of ether oxygens (including phenoxy) is 3. The summed E-state index contributed by atoms with van der Waals surface area (Å²) in [5, 5.41) is 83.0. The van der Waals surface area contributed by atoms with Gasteiger partial charge in [0.15, 0.2) is 6.29 Å². The molecule has 52 heavy (non-hydrogen) atoms. The van der Waals surface area contributed by atoms with Crippen molar-refractivity contribution in [3.05, 3.63) is 95.6 Å². The molecule has 0 aromatic heterocycles. The van der Waals surface area contributed by atoms with E-state index in [1.165, 1.54) is 48.5 Å². The topological polar surface area (TPSA) is 210 Å². The summed E-state index contributed by atoms with van der Waals surface area (Å²) < 4.78 is 44.3. The van der Waals surface area contributed by atoms with Crippen molar-refractivity contribution in [3.8, 4) is 5.75 Å². The second kappa shape index (κ2) is 16.2. The van der Waals surface area contributed by atoms with Gasteiger partial charge in [-0.05, 0) is 78.9 Å². The number of nitrogens with zero attached hydrogens (tertiary/aromatic N) is 1. The first-order valence-corrected chi connectivity index (χ1v) is 17.1. The Morgan fingerprint density at radius 1 is 0.788 bits per heavy atom. The van der Waals surface area contributed by atoms with Gasteiger partial charge in [-0.15, -0.1) is 0 Å². The highest BCUT2D eigenvalue weighted by atomic mass is 19.1. The van der Waals surface area contributed by atoms with Crippen LogP contribution in [0.3, 0.4) is 0 Å². The van der Waals surface area contributed by atoms with Crippen LogP contribution in [-0.4, -0.2) is 115 Å². The standard InChI is InChI=1S/C37H43F2NO12/c38-21-5-1-18(2-6-21)26(43)14-13-25-29(40(36(25)49)23-9-7-22(39)8-10-23)19-3-11-24(12-4-19)50-27-15-20(16-41)35(33(47)30(27)44)52-37-34(48)32(46)31(45)28(17-42)51-37/h1-12,20,25-35,37,41-48H,13-17H2/t20-,25-,26+,27-,28-,29-,30+,31-,32+,33+,34-,35-,37-/m1/s1. The van der Waals surface area contributed by atoms with Gasteiger partial charge >= 0.3 is 0 Å². The Balaban J connectivity index is 1.14. The van der Waals surface area contributed by atoms with E-state index in [0.29, 0.717) is 29.0 Å². The Labute approximate surface area is 297 Å². The zero-order chi connectivity index (χ0) is 37.3. The van der Waals surface area contributed by atoms with E-state index in [-0.39, 0.29) is 18.7 Å². The van der Waals surface area contributed by atoms with Crippen LogP contribution in [0, 0.1) is 23.5 Å². The molecule has 1 saturated carbocycles. The number of hydrogen-bond acceptors (Lipinski definition) is 12. The second-order valence-electron chi connectivity index (χ2n) is 13.6. The first-order valence-electron chi connectivity index (χ1n) is 17.1. The fourth-order valence-corrected chi connectivity index (χ4v) is 7.30. The van der Waals surface area contributed by atoms with E-state index in [1.54, 1.807) is 29.2 Å². The van der Waals surface area contributed by atoms with Gasteiger partial charge < -0.3 is 60.0 Å². The predicted octanol–water partition coefficient (Wildman–Crippen LogP) is 0.849. The minimum absolute atomic E-state index is 0.00745. The van der Waals surface area contributed by atoms with Gasteiger partial charge in [0.2, 0.25) is 5.91 Å². The van der Waals surface area contributed by atoms with Gasteiger partial charge in [-0.1, -0.05) is 24.3 Å². The summed E-state index contributed by atoms with van der Waals surface area (Å²) in [6.07, 6.45) is -13.8. The Morgan fingerprint density at radius 3 is 2.04 bits per heavy atom. The monoisotopic (exact) mass is 731 g/mol. The molecule has 0 unspecified atom stereocenters. The number of carbonyl (C=O) groups excluding carboxylic acids is 1. The largest absolute Gasteiger partial charge is 0.488 e. The molecule has 0 radical (unpaired) electrons. The van der Waals surface area contributed by atoms with Crippen molar-refractivity contribution in [3.63, 3.8) is 0 Å². The Hall–Kier alpha value is -3.61. The number of hydrogen-bond donors (Lipinski definition) is 8. The molecule has 2 saturated heterocycles. The Kier molecular flexibility index (Phi) is 11.9. The van der Waals surface area contributed by atoms with Crippen molar-refractivity contribution in [2.45, 2.75) is 86.5 Å². The number of halogens is 2. The number of aliphatic hydroxyl groups is 8. The number of rotatable bonds is 12. The molecule has 2 aliphatic heterocycles. The lowest BCUT2D eigenvalue weighted by molar-refractivity contribution is -0.329. The number of aliphatic hydroxyl groups excluding tert-OH is 8. The predicted molar refractivity (Wildman–Crippen MR) is 177 cm³/mol. The second-order valence-corrected chi connectivity index (χ2v) is 13.6. The van der Waals surface area contributed by atoms with Crippen LogP contribution in [-0.2, 0) is 14.3 Å². The average molecular weight is 732 g/mol. The number of amides is 1. The smallest absolute Gasteiger partial charge is 0.233 e. The van der Waals surface area contributed by atoms with Crippen molar-refractivity contribution in [1.29, 1.82) is 0 Å². The first-order chi connectivity index (χ1) is 24.9. The summed E-state index contributed by atoms with van der Waals surface area (Å²) in [4.78, 5) is 15.0. The molecule has 3 aromatic rings. The van der Waals surface area contributed by atoms with Gasteiger partial charge in [-0.2, -0.15) is 0 Å². The summed E-state index contributed by atoms with van der Waals surface area (Å²) in [6, 6.07) is 17.2. The molecule has 1 amide bonds. The van der Waals surface area contributed by atoms with Crippen molar-refractivity contribution in [2.75, 3.05) is 18.1 Å². The van der Waals surface area contributed by atoms with Crippen LogP contribution in [0.4, 0.5) is 14.5 Å². The van der Waals surface area contributed by atoms with Gasteiger partial charge in [0, 0.05) is 18.2 Å². The van der Waals surface area contributed by atoms with E-state index in [2.05, 4.69) is 0 Å². The van der Waals surface area contributed by atoms with E-state index in [4.69, 9.17) is 14.2 Å². The highest BCUT2D eigenvalue weighted by Crippen LogP contribution is 2.47. The quantitative estimate of drug-likeness (QED) is 0.122. The molecule has 13 nitrogen and oxygen atoms in total. The normalized spacial score (nSPS) is 34.1. The minimum atomic E-state index is -1.75. The molecule has 15 heteroatoms. The van der Waals surface area contributed by atoms with Crippen LogP contribution in [0.25, 0.3) is 0 Å². The van der Waals surface area contributed by atoms with Crippen LogP contribution in [0.2, 0.25) is 0 Å². The van der Waals surface area contributed by atoms with Crippen LogP contribution in [0.5, 0.6) is 5.75 Å². The molecule has 3 aromatic carbocycles. The molecule has 0 bridgehead atoms. The van der Waals surface area contributed by atoms with Gasteiger partial charge in [-0.25, -0.2) is 8.78 Å². The zero-order valence-electron chi connectivity index (χ0n) is 27.9. The molecule has 0 spiro atoms. The van der Waals surface area contributed by atoms with E-state index in [1.807, 2.05) is 0 Å². The van der Waals surface area contributed by atoms with Crippen LogP contribution < -0.4 is 9.64 Å². The fourth-order valence-electron chi connectivity index (χ4n) is 7.30. The van der Waals surface area contributed by atoms with E-state index in [0.717, 1.165) is 0 Å². The maximum Gasteiger partial charge on any atom is 0.233 e. The van der Waals surface area contributed by atoms with E-state index < -0.39 is 104 Å². The summed E-state index contributed by atoms with van der Waals surface area (Å²) >= 11 is 0. The lowest BCUT2D eigenvalue weighted by Crippen LogP contribution is -2.63. The number of carbonyl (C=O) groups is 1. The summed E-state index contributed by atoms with van der Waals surface area (Å²) in [6.45, 7) is -1.21. The van der Waals surface area contributed by atoms with Crippen molar-refractivity contribution in [1.82, 2.24) is 0 Å². The van der Waals surface area contributed by atoms with Crippen LogP contribution >= 0.6 is 0 Å². The van der Waals surface area contributed by atoms with Gasteiger partial charge in [0.05, 0.1) is 30.8 Å². The highest BCUT2D eigenvalue weighted by molar-refractivity contribution is 6.03. The van der Waals surface area contributed by atoms with Crippen molar-refractivity contribution < 1.29 is 68.6 Å². The van der Waals surface area contributed by atoms with Crippen molar-refractivity contribution >= 4 is 11.6 Å². The minimum Gasteiger partial charge on any atom is -0.488 e. The molecule has 8 N–H and O–H groups in total. The number of anilines is 1. The lowest BCUT2D eigenvalue weighted by atomic mass is 9.78. The molecule has 13 atom stereocenters. The molecule has 282 valence electrons. The number of benzene rings is 3. The Bertz CT molecular complexity index is 1630. The third-order valence-electron chi connectivity index (χ3n) is 10.3. The zero-order valence-corrected chi connectivity index (χ0v) is 27.9.